The van der Waals surface area contributed by atoms with E-state index in [4.69, 9.17) is 0 Å². The number of pyridine rings is 1. The summed E-state index contributed by atoms with van der Waals surface area (Å²) >= 11 is 0. The van der Waals surface area contributed by atoms with E-state index in [9.17, 15) is 9.59 Å². The number of aromatic nitrogens is 3. The molecule has 0 saturated heterocycles. The van der Waals surface area contributed by atoms with Crippen molar-refractivity contribution < 1.29 is 9.59 Å². The molecule has 1 atom stereocenters. The first-order valence-electron chi connectivity index (χ1n) is 9.99. The molecule has 0 aliphatic carbocycles. The molecule has 3 aromatic rings. The van der Waals surface area contributed by atoms with Crippen LogP contribution >= 0.6 is 0 Å². The summed E-state index contributed by atoms with van der Waals surface area (Å²) in [6.07, 6.45) is 5.80. The van der Waals surface area contributed by atoms with Gasteiger partial charge in [0.1, 0.15) is 12.0 Å². The molecule has 0 saturated carbocycles. The van der Waals surface area contributed by atoms with Gasteiger partial charge >= 0.3 is 0 Å². The molecule has 7 heteroatoms. The normalized spacial score (nSPS) is 15.3. The lowest BCUT2D eigenvalue weighted by atomic mass is 10.0. The third-order valence-corrected chi connectivity index (χ3v) is 5.32. The fraction of sp³-hybridized carbons (Fsp3) is 0.261. The molecule has 2 aromatic heterocycles. The van der Waals surface area contributed by atoms with Gasteiger partial charge in [-0.25, -0.2) is 9.97 Å². The molecule has 1 amide bonds. The average Bonchev–Trinajstić information content (AvgIpc) is 3.04. The van der Waals surface area contributed by atoms with E-state index in [2.05, 4.69) is 39.3 Å². The molecule has 1 N–H and O–H groups in total. The van der Waals surface area contributed by atoms with E-state index in [0.29, 0.717) is 17.9 Å². The summed E-state index contributed by atoms with van der Waals surface area (Å²) in [7, 11) is 0. The van der Waals surface area contributed by atoms with Gasteiger partial charge in [-0.3, -0.25) is 19.5 Å². The van der Waals surface area contributed by atoms with Crippen molar-refractivity contribution in [2.75, 3.05) is 11.4 Å². The van der Waals surface area contributed by atoms with Gasteiger partial charge in [0.05, 0.1) is 24.0 Å². The molecular weight excluding hydrogens is 378 g/mol. The maximum Gasteiger partial charge on any atom is 0.241 e. The molecule has 30 heavy (non-hydrogen) atoms. The number of anilines is 1. The molecule has 7 nitrogen and oxygen atoms in total. The molecule has 152 valence electrons. The van der Waals surface area contributed by atoms with Gasteiger partial charge in [-0.2, -0.15) is 0 Å². The number of aryl methyl sites for hydroxylation is 1. The molecule has 1 aromatic carbocycles. The number of rotatable bonds is 6. The Labute approximate surface area is 175 Å². The number of nitrogens with zero attached hydrogens (tertiary/aromatic N) is 4. The van der Waals surface area contributed by atoms with Gasteiger partial charge in [-0.1, -0.05) is 31.2 Å². The number of benzene rings is 1. The Hall–Kier alpha value is -3.45. The van der Waals surface area contributed by atoms with Crippen molar-refractivity contribution in [2.24, 2.45) is 0 Å². The number of hydrogen-bond acceptors (Lipinski definition) is 6. The number of ketones is 1. The van der Waals surface area contributed by atoms with E-state index in [1.807, 2.05) is 18.2 Å². The van der Waals surface area contributed by atoms with E-state index in [1.165, 1.54) is 11.9 Å². The second-order valence-electron chi connectivity index (χ2n) is 7.25. The minimum Gasteiger partial charge on any atom is -0.303 e. The van der Waals surface area contributed by atoms with Crippen LogP contribution in [0.25, 0.3) is 11.1 Å². The minimum absolute atomic E-state index is 0.0937. The summed E-state index contributed by atoms with van der Waals surface area (Å²) in [5, 5.41) is 3.09. The van der Waals surface area contributed by atoms with E-state index in [0.717, 1.165) is 23.2 Å². The molecule has 0 spiro atoms. The van der Waals surface area contributed by atoms with Crippen molar-refractivity contribution >= 4 is 17.4 Å². The maximum absolute atomic E-state index is 12.9. The third-order valence-electron chi connectivity index (χ3n) is 5.32. The molecule has 0 radical (unpaired) electrons. The van der Waals surface area contributed by atoms with Gasteiger partial charge in [-0.15, -0.1) is 0 Å². The van der Waals surface area contributed by atoms with Gasteiger partial charge in [-0.05, 0) is 36.6 Å². The van der Waals surface area contributed by atoms with Gasteiger partial charge < -0.3 is 5.32 Å². The maximum atomic E-state index is 12.9. The molecule has 4 rings (SSSR count). The quantitative estimate of drug-likeness (QED) is 0.683. The van der Waals surface area contributed by atoms with Crippen LogP contribution in [0.4, 0.5) is 5.69 Å². The van der Waals surface area contributed by atoms with E-state index >= 15 is 0 Å². The van der Waals surface area contributed by atoms with Crippen LogP contribution in [-0.4, -0.2) is 39.2 Å². The Morgan fingerprint density at radius 2 is 1.93 bits per heavy atom. The summed E-state index contributed by atoms with van der Waals surface area (Å²) in [5.41, 5.74) is 4.85. The zero-order chi connectivity index (χ0) is 21.1. The monoisotopic (exact) mass is 401 g/mol. The van der Waals surface area contributed by atoms with Crippen molar-refractivity contribution in [3.63, 3.8) is 0 Å². The Morgan fingerprint density at radius 1 is 1.13 bits per heavy atom. The van der Waals surface area contributed by atoms with Crippen LogP contribution in [0.5, 0.6) is 0 Å². The molecule has 0 bridgehead atoms. The number of amides is 1. The number of nitrogens with one attached hydrogen (secondary N) is 1. The Kier molecular flexibility index (Phi) is 5.63. The van der Waals surface area contributed by atoms with Gasteiger partial charge in [0.15, 0.2) is 0 Å². The zero-order valence-corrected chi connectivity index (χ0v) is 17.0. The lowest BCUT2D eigenvalue weighted by Crippen LogP contribution is -2.43. The van der Waals surface area contributed by atoms with Gasteiger partial charge in [0, 0.05) is 24.5 Å². The van der Waals surface area contributed by atoms with Gasteiger partial charge in [0.2, 0.25) is 11.7 Å². The molecule has 0 fully saturated rings. The highest BCUT2D eigenvalue weighted by molar-refractivity contribution is 6.17. The number of fused-ring (bicyclic) bond motifs is 1. The van der Waals surface area contributed by atoms with Crippen molar-refractivity contribution in [3.8, 4) is 11.1 Å². The zero-order valence-electron chi connectivity index (χ0n) is 17.0. The Balaban J connectivity index is 1.54. The van der Waals surface area contributed by atoms with Crippen LogP contribution in [-0.2, 0) is 17.8 Å². The van der Waals surface area contributed by atoms with Crippen LogP contribution in [0.2, 0.25) is 0 Å². The Bertz CT molecular complexity index is 1070. The van der Waals surface area contributed by atoms with Crippen LogP contribution in [0, 0.1) is 0 Å². The lowest BCUT2D eigenvalue weighted by Gasteiger charge is -2.22. The summed E-state index contributed by atoms with van der Waals surface area (Å²) in [5.74, 6) is -0.314. The summed E-state index contributed by atoms with van der Waals surface area (Å²) in [6, 6.07) is 11.3. The first kappa shape index (κ1) is 19.8. The first-order valence-corrected chi connectivity index (χ1v) is 9.99. The highest BCUT2D eigenvalue weighted by atomic mass is 16.2. The topological polar surface area (TPSA) is 88.1 Å². The summed E-state index contributed by atoms with van der Waals surface area (Å²) < 4.78 is 0. The smallest absolute Gasteiger partial charge is 0.241 e. The van der Waals surface area contributed by atoms with Crippen molar-refractivity contribution in [3.05, 3.63) is 72.1 Å². The average molecular weight is 401 g/mol. The lowest BCUT2D eigenvalue weighted by molar-refractivity contribution is -0.118. The summed E-state index contributed by atoms with van der Waals surface area (Å²) in [6.45, 7) is 4.39. The molecule has 1 unspecified atom stereocenters. The van der Waals surface area contributed by atoms with Gasteiger partial charge in [0.25, 0.3) is 0 Å². The van der Waals surface area contributed by atoms with Crippen LogP contribution < -0.4 is 10.2 Å². The second-order valence-corrected chi connectivity index (χ2v) is 7.25. The minimum atomic E-state index is -0.571. The second kappa shape index (κ2) is 8.51. The predicted molar refractivity (Wildman–Crippen MR) is 114 cm³/mol. The molecule has 1 aliphatic rings. The van der Waals surface area contributed by atoms with Crippen LogP contribution in [0.3, 0.4) is 0 Å². The van der Waals surface area contributed by atoms with Crippen molar-refractivity contribution in [1.29, 1.82) is 0 Å². The fourth-order valence-electron chi connectivity index (χ4n) is 3.60. The largest absolute Gasteiger partial charge is 0.303 e. The van der Waals surface area contributed by atoms with Crippen molar-refractivity contribution in [2.45, 2.75) is 32.9 Å². The van der Waals surface area contributed by atoms with E-state index < -0.39 is 6.04 Å². The summed E-state index contributed by atoms with van der Waals surface area (Å²) in [4.78, 5) is 39.5. The number of hydrogen-bond donors (Lipinski definition) is 1. The van der Waals surface area contributed by atoms with Crippen LogP contribution in [0.15, 0.2) is 55.1 Å². The standard InChI is InChI=1S/C23H23N5O2/c1-3-16-4-6-17(7-5-16)18-10-20-22(26-11-18)23(30)15(2)28(20)21(29)13-25-12-19-8-9-24-14-27-19/h4-11,14-15,25H,3,12-13H2,1-2H3. The van der Waals surface area contributed by atoms with E-state index in [-0.39, 0.29) is 18.2 Å². The molecule has 3 heterocycles. The van der Waals surface area contributed by atoms with E-state index in [1.54, 1.807) is 30.3 Å². The number of Topliss-reactive ketones (excluding diaryl/α,β-unsaturated/α-hetero) is 1. The highest BCUT2D eigenvalue weighted by Gasteiger charge is 2.39. The first-order chi connectivity index (χ1) is 14.6. The Morgan fingerprint density at radius 3 is 2.63 bits per heavy atom. The molecular formula is C23H23N5O2. The SMILES string of the molecule is CCc1ccc(-c2cnc3c(c2)N(C(=O)CNCc2ccncn2)C(C)C3=O)cc1. The number of carbonyl (C=O) groups is 2. The predicted octanol–water partition coefficient (Wildman–Crippen LogP) is 2.81. The van der Waals surface area contributed by atoms with Crippen LogP contribution in [0.1, 0.15) is 35.6 Å². The fourth-order valence-corrected chi connectivity index (χ4v) is 3.60. The van der Waals surface area contributed by atoms with Crippen molar-refractivity contribution in [1.82, 2.24) is 20.3 Å². The molecule has 1 aliphatic heterocycles. The highest BCUT2D eigenvalue weighted by Crippen LogP contribution is 2.34. The number of carbonyl (C=O) groups excluding carboxylic acids is 2. The third kappa shape index (κ3) is 3.84.